The Morgan fingerprint density at radius 1 is 1.16 bits per heavy atom. The van der Waals surface area contributed by atoms with Gasteiger partial charge in [0, 0.05) is 12.7 Å². The van der Waals surface area contributed by atoms with Crippen LogP contribution in [0, 0.1) is 0 Å². The van der Waals surface area contributed by atoms with E-state index in [1.807, 2.05) is 24.3 Å². The fraction of sp³-hybridized carbons (Fsp3) is 0.227. The number of para-hydroxylation sites is 1. The monoisotopic (exact) mass is 423 g/mol. The zero-order valence-electron chi connectivity index (χ0n) is 16.8. The van der Waals surface area contributed by atoms with Crippen LogP contribution in [0.2, 0.25) is 0 Å². The van der Waals surface area contributed by atoms with Gasteiger partial charge in [-0.05, 0) is 35.7 Å². The van der Waals surface area contributed by atoms with Gasteiger partial charge in [0.25, 0.3) is 11.5 Å². The molecule has 1 aromatic heterocycles. The molecule has 0 radical (unpaired) electrons. The predicted molar refractivity (Wildman–Crippen MR) is 112 cm³/mol. The van der Waals surface area contributed by atoms with E-state index < -0.39 is 17.2 Å². The number of ether oxygens (including phenoxy) is 3. The summed E-state index contributed by atoms with van der Waals surface area (Å²) in [4.78, 5) is 40.1. The van der Waals surface area contributed by atoms with Crippen LogP contribution in [0.1, 0.15) is 21.5 Å². The Bertz CT molecular complexity index is 1230. The molecule has 0 saturated heterocycles. The highest BCUT2D eigenvalue weighted by Crippen LogP contribution is 2.32. The lowest BCUT2D eigenvalue weighted by Crippen LogP contribution is -2.41. The highest BCUT2D eigenvalue weighted by atomic mass is 16.7. The summed E-state index contributed by atoms with van der Waals surface area (Å²) in [6.45, 7) is 0.427. The Balaban J connectivity index is 1.48. The summed E-state index contributed by atoms with van der Waals surface area (Å²) >= 11 is 0. The van der Waals surface area contributed by atoms with Gasteiger partial charge < -0.3 is 24.5 Å². The Morgan fingerprint density at radius 2 is 1.97 bits per heavy atom. The normalized spacial score (nSPS) is 11.9. The van der Waals surface area contributed by atoms with E-state index in [-0.39, 0.29) is 18.9 Å². The number of fused-ring (bicyclic) bond motifs is 1. The Labute approximate surface area is 177 Å². The van der Waals surface area contributed by atoms with Crippen molar-refractivity contribution in [2.75, 3.05) is 20.4 Å². The van der Waals surface area contributed by atoms with Crippen LogP contribution >= 0.6 is 0 Å². The lowest BCUT2D eigenvalue weighted by molar-refractivity contribution is 0.0951. The topological polar surface area (TPSA) is 112 Å². The third kappa shape index (κ3) is 4.30. The number of hydrogen-bond donors (Lipinski definition) is 2. The van der Waals surface area contributed by atoms with Crippen LogP contribution in [-0.2, 0) is 13.0 Å². The maximum absolute atomic E-state index is 12.8. The Hall–Kier alpha value is -4.01. The number of nitrogens with one attached hydrogen (secondary N) is 2. The van der Waals surface area contributed by atoms with Crippen LogP contribution in [0.25, 0.3) is 0 Å². The van der Waals surface area contributed by atoms with Crippen molar-refractivity contribution in [2.24, 2.45) is 0 Å². The number of H-pyrrole nitrogens is 1. The van der Waals surface area contributed by atoms with Crippen molar-refractivity contribution in [3.05, 3.63) is 86.2 Å². The van der Waals surface area contributed by atoms with Gasteiger partial charge in [-0.1, -0.05) is 24.3 Å². The first-order chi connectivity index (χ1) is 15.1. The molecule has 2 aromatic carbocycles. The standard InChI is InChI=1S/C22H21N3O6/c1-29-17-5-3-2-4-15(17)8-9-23-20(26)16-11-24-22(28)25(21(16)27)12-14-6-7-18-19(10-14)31-13-30-18/h2-7,10-11H,8-9,12-13H2,1H3,(H,23,26)(H,24,28). The van der Waals surface area contributed by atoms with Crippen LogP contribution in [-0.4, -0.2) is 35.9 Å². The van der Waals surface area contributed by atoms with Crippen molar-refractivity contribution in [3.63, 3.8) is 0 Å². The van der Waals surface area contributed by atoms with Crippen molar-refractivity contribution in [2.45, 2.75) is 13.0 Å². The zero-order chi connectivity index (χ0) is 21.8. The zero-order valence-corrected chi connectivity index (χ0v) is 16.8. The molecule has 3 aromatic rings. The van der Waals surface area contributed by atoms with Gasteiger partial charge in [0.2, 0.25) is 6.79 Å². The minimum atomic E-state index is -0.670. The number of carbonyl (C=O) groups is 1. The molecule has 1 aliphatic rings. The van der Waals surface area contributed by atoms with E-state index in [9.17, 15) is 14.4 Å². The molecule has 0 saturated carbocycles. The second-order valence-electron chi connectivity index (χ2n) is 6.90. The molecule has 2 N–H and O–H groups in total. The van der Waals surface area contributed by atoms with E-state index in [4.69, 9.17) is 14.2 Å². The Kier molecular flexibility index (Phi) is 5.74. The van der Waals surface area contributed by atoms with E-state index in [1.165, 1.54) is 0 Å². The second kappa shape index (κ2) is 8.78. The number of methoxy groups -OCH3 is 1. The molecule has 9 heteroatoms. The van der Waals surface area contributed by atoms with Gasteiger partial charge in [-0.3, -0.25) is 14.2 Å². The number of hydrogen-bond acceptors (Lipinski definition) is 6. The largest absolute Gasteiger partial charge is 0.496 e. The van der Waals surface area contributed by atoms with Crippen LogP contribution in [0.15, 0.2) is 58.3 Å². The Morgan fingerprint density at radius 3 is 2.81 bits per heavy atom. The molecule has 0 aliphatic carbocycles. The number of benzene rings is 2. The molecule has 9 nitrogen and oxygen atoms in total. The summed E-state index contributed by atoms with van der Waals surface area (Å²) in [6, 6.07) is 12.6. The fourth-order valence-corrected chi connectivity index (χ4v) is 3.35. The van der Waals surface area contributed by atoms with Gasteiger partial charge in [-0.15, -0.1) is 0 Å². The molecule has 31 heavy (non-hydrogen) atoms. The number of nitrogens with zero attached hydrogens (tertiary/aromatic N) is 1. The molecule has 1 amide bonds. The van der Waals surface area contributed by atoms with E-state index >= 15 is 0 Å². The molecular formula is C22H21N3O6. The fourth-order valence-electron chi connectivity index (χ4n) is 3.35. The van der Waals surface area contributed by atoms with E-state index in [1.54, 1.807) is 25.3 Å². The average Bonchev–Trinajstić information content (AvgIpc) is 3.25. The van der Waals surface area contributed by atoms with E-state index in [2.05, 4.69) is 10.3 Å². The number of rotatable bonds is 7. The van der Waals surface area contributed by atoms with E-state index in [0.717, 1.165) is 22.1 Å². The third-order valence-electron chi connectivity index (χ3n) is 4.96. The first-order valence-electron chi connectivity index (χ1n) is 9.68. The lowest BCUT2D eigenvalue weighted by atomic mass is 10.1. The highest BCUT2D eigenvalue weighted by Gasteiger charge is 2.17. The quantitative estimate of drug-likeness (QED) is 0.593. The smallest absolute Gasteiger partial charge is 0.328 e. The van der Waals surface area contributed by atoms with Crippen molar-refractivity contribution in [3.8, 4) is 17.2 Å². The minimum Gasteiger partial charge on any atom is -0.496 e. The molecule has 4 rings (SSSR count). The molecule has 0 unspecified atom stereocenters. The van der Waals surface area contributed by atoms with Crippen molar-refractivity contribution >= 4 is 5.91 Å². The lowest BCUT2D eigenvalue weighted by Gasteiger charge is -2.10. The minimum absolute atomic E-state index is 0.00680. The van der Waals surface area contributed by atoms with Gasteiger partial charge in [0.05, 0.1) is 13.7 Å². The van der Waals surface area contributed by atoms with Crippen molar-refractivity contribution in [1.82, 2.24) is 14.9 Å². The third-order valence-corrected chi connectivity index (χ3v) is 4.96. The molecule has 0 bridgehead atoms. The molecule has 0 spiro atoms. The molecule has 0 fully saturated rings. The summed E-state index contributed by atoms with van der Waals surface area (Å²) in [5, 5.41) is 2.72. The second-order valence-corrected chi connectivity index (χ2v) is 6.90. The SMILES string of the molecule is COc1ccccc1CCNC(=O)c1c[nH]c(=O)n(Cc2ccc3c(c2)OCO3)c1=O. The van der Waals surface area contributed by atoms with Gasteiger partial charge in [-0.2, -0.15) is 0 Å². The number of carbonyl (C=O) groups excluding carboxylic acids is 1. The van der Waals surface area contributed by atoms with Gasteiger partial charge >= 0.3 is 5.69 Å². The molecule has 1 aliphatic heterocycles. The highest BCUT2D eigenvalue weighted by molar-refractivity contribution is 5.93. The molecule has 0 atom stereocenters. The van der Waals surface area contributed by atoms with Crippen LogP contribution in [0.4, 0.5) is 0 Å². The number of aromatic amines is 1. The van der Waals surface area contributed by atoms with Crippen LogP contribution in [0.5, 0.6) is 17.2 Å². The summed E-state index contributed by atoms with van der Waals surface area (Å²) in [7, 11) is 1.58. The number of amides is 1. The summed E-state index contributed by atoms with van der Waals surface area (Å²) in [6.07, 6.45) is 1.67. The number of aromatic nitrogens is 2. The molecule has 2 heterocycles. The van der Waals surface area contributed by atoms with Crippen LogP contribution in [0.3, 0.4) is 0 Å². The van der Waals surface area contributed by atoms with Gasteiger partial charge in [0.1, 0.15) is 11.3 Å². The summed E-state index contributed by atoms with van der Waals surface area (Å²) in [5.41, 5.74) is 0.197. The van der Waals surface area contributed by atoms with Gasteiger partial charge in [-0.25, -0.2) is 4.79 Å². The average molecular weight is 423 g/mol. The summed E-state index contributed by atoms with van der Waals surface area (Å²) < 4.78 is 16.9. The molecule has 160 valence electrons. The predicted octanol–water partition coefficient (Wildman–Crippen LogP) is 1.29. The maximum Gasteiger partial charge on any atom is 0.328 e. The van der Waals surface area contributed by atoms with Gasteiger partial charge in [0.15, 0.2) is 11.5 Å². The summed E-state index contributed by atoms with van der Waals surface area (Å²) in [5.74, 6) is 1.32. The maximum atomic E-state index is 12.8. The molecular weight excluding hydrogens is 402 g/mol. The van der Waals surface area contributed by atoms with Crippen LogP contribution < -0.4 is 30.8 Å². The first kappa shape index (κ1) is 20.3. The van der Waals surface area contributed by atoms with Crippen molar-refractivity contribution in [1.29, 1.82) is 0 Å². The first-order valence-corrected chi connectivity index (χ1v) is 9.68. The van der Waals surface area contributed by atoms with E-state index in [0.29, 0.717) is 30.0 Å². The van der Waals surface area contributed by atoms with Crippen molar-refractivity contribution < 1.29 is 19.0 Å².